The first-order valence-corrected chi connectivity index (χ1v) is 7.47. The Balaban J connectivity index is 2.41. The van der Waals surface area contributed by atoms with E-state index in [-0.39, 0.29) is 23.6 Å². The second-order valence-corrected chi connectivity index (χ2v) is 6.38. The molecule has 1 amide bonds. The third kappa shape index (κ3) is 3.58. The van der Waals surface area contributed by atoms with Crippen molar-refractivity contribution in [2.75, 3.05) is 20.3 Å². The molecular formula is C15H23N5O3. The summed E-state index contributed by atoms with van der Waals surface area (Å²) in [6, 6.07) is 0. The summed E-state index contributed by atoms with van der Waals surface area (Å²) < 4.78 is 7.74. The fourth-order valence-corrected chi connectivity index (χ4v) is 2.32. The number of carbonyl (C=O) groups is 1. The average molecular weight is 321 g/mol. The van der Waals surface area contributed by atoms with Crippen LogP contribution in [0.2, 0.25) is 0 Å². The summed E-state index contributed by atoms with van der Waals surface area (Å²) in [5.74, 6) is -0.280. The number of aryl methyl sites for hydroxylation is 1. The minimum atomic E-state index is -0.340. The first-order valence-electron chi connectivity index (χ1n) is 7.47. The van der Waals surface area contributed by atoms with Crippen LogP contribution in [-0.2, 0) is 21.6 Å². The van der Waals surface area contributed by atoms with Crippen LogP contribution < -0.4 is 10.9 Å². The lowest BCUT2D eigenvalue weighted by Crippen LogP contribution is -2.36. The minimum Gasteiger partial charge on any atom is -0.383 e. The van der Waals surface area contributed by atoms with E-state index in [9.17, 15) is 9.59 Å². The maximum Gasteiger partial charge on any atom is 0.293 e. The Labute approximate surface area is 134 Å². The van der Waals surface area contributed by atoms with Gasteiger partial charge in [-0.15, -0.1) is 0 Å². The molecule has 2 aromatic heterocycles. The Hall–Kier alpha value is -2.22. The van der Waals surface area contributed by atoms with Crippen molar-refractivity contribution in [3.8, 4) is 0 Å². The molecule has 0 radical (unpaired) electrons. The van der Waals surface area contributed by atoms with Crippen LogP contribution in [0, 0.1) is 6.92 Å². The molecule has 126 valence electrons. The number of aromatic nitrogens is 4. The topological polar surface area (TPSA) is 91.0 Å². The van der Waals surface area contributed by atoms with Gasteiger partial charge in [0.25, 0.3) is 5.56 Å². The monoisotopic (exact) mass is 321 g/mol. The van der Waals surface area contributed by atoms with Gasteiger partial charge in [-0.1, -0.05) is 0 Å². The highest BCUT2D eigenvalue weighted by atomic mass is 16.5. The lowest BCUT2D eigenvalue weighted by molar-refractivity contribution is -0.122. The highest BCUT2D eigenvalue weighted by Gasteiger charge is 2.22. The van der Waals surface area contributed by atoms with Crippen LogP contribution in [0.25, 0.3) is 10.9 Å². The summed E-state index contributed by atoms with van der Waals surface area (Å²) in [5, 5.41) is 11.9. The van der Waals surface area contributed by atoms with E-state index in [1.807, 2.05) is 20.8 Å². The quantitative estimate of drug-likeness (QED) is 0.806. The molecule has 0 spiro atoms. The fraction of sp³-hybridized carbons (Fsp3) is 0.600. The van der Waals surface area contributed by atoms with Crippen LogP contribution in [-0.4, -0.2) is 45.7 Å². The molecule has 0 bridgehead atoms. The van der Waals surface area contributed by atoms with Gasteiger partial charge in [-0.25, -0.2) is 4.68 Å². The lowest BCUT2D eigenvalue weighted by atomic mass is 10.1. The molecule has 0 aliphatic carbocycles. The standard InChI is InChI=1S/C15H23N5O3/c1-10-11-8-17-20(15(2,3)4)13(11)14(22)19(18-10)9-12(21)16-6-7-23-5/h8H,6-7,9H2,1-5H3,(H,16,21). The predicted molar refractivity (Wildman–Crippen MR) is 86.4 cm³/mol. The number of nitrogens with one attached hydrogen (secondary N) is 1. The highest BCUT2D eigenvalue weighted by molar-refractivity contribution is 5.80. The molecule has 0 saturated heterocycles. The van der Waals surface area contributed by atoms with Gasteiger partial charge in [0, 0.05) is 19.0 Å². The van der Waals surface area contributed by atoms with E-state index in [1.54, 1.807) is 24.9 Å². The van der Waals surface area contributed by atoms with Gasteiger partial charge >= 0.3 is 0 Å². The highest BCUT2D eigenvalue weighted by Crippen LogP contribution is 2.20. The number of carbonyl (C=O) groups excluding carboxylic acids is 1. The molecule has 0 aromatic carbocycles. The van der Waals surface area contributed by atoms with Gasteiger partial charge in [0.1, 0.15) is 12.1 Å². The zero-order chi connectivity index (χ0) is 17.2. The molecule has 1 N–H and O–H groups in total. The summed E-state index contributed by atoms with van der Waals surface area (Å²) in [7, 11) is 1.56. The van der Waals surface area contributed by atoms with Gasteiger partial charge < -0.3 is 10.1 Å². The van der Waals surface area contributed by atoms with E-state index in [2.05, 4.69) is 15.5 Å². The van der Waals surface area contributed by atoms with E-state index >= 15 is 0 Å². The van der Waals surface area contributed by atoms with E-state index in [1.165, 1.54) is 4.68 Å². The smallest absolute Gasteiger partial charge is 0.293 e. The van der Waals surface area contributed by atoms with E-state index in [0.717, 1.165) is 0 Å². The number of ether oxygens (including phenoxy) is 1. The third-order valence-electron chi connectivity index (χ3n) is 3.42. The van der Waals surface area contributed by atoms with Crippen molar-refractivity contribution in [2.45, 2.75) is 39.8 Å². The maximum atomic E-state index is 12.7. The molecule has 0 atom stereocenters. The Morgan fingerprint density at radius 1 is 1.39 bits per heavy atom. The summed E-state index contributed by atoms with van der Waals surface area (Å²) >= 11 is 0. The normalized spacial score (nSPS) is 11.9. The first-order chi connectivity index (χ1) is 10.8. The summed E-state index contributed by atoms with van der Waals surface area (Å²) in [5.41, 5.74) is 0.474. The average Bonchev–Trinajstić information content (AvgIpc) is 2.90. The minimum absolute atomic E-state index is 0.130. The molecular weight excluding hydrogens is 298 g/mol. The Bertz CT molecular complexity index is 770. The number of methoxy groups -OCH3 is 1. The van der Waals surface area contributed by atoms with Gasteiger partial charge in [-0.2, -0.15) is 10.2 Å². The van der Waals surface area contributed by atoms with E-state index in [4.69, 9.17) is 4.74 Å². The molecule has 0 aliphatic rings. The van der Waals surface area contributed by atoms with Crippen molar-refractivity contribution in [3.05, 3.63) is 22.2 Å². The molecule has 0 aliphatic heterocycles. The second-order valence-electron chi connectivity index (χ2n) is 6.38. The number of nitrogens with zero attached hydrogens (tertiary/aromatic N) is 4. The Morgan fingerprint density at radius 3 is 2.70 bits per heavy atom. The first kappa shape index (κ1) is 17.1. The number of amides is 1. The van der Waals surface area contributed by atoms with Crippen LogP contribution in [0.5, 0.6) is 0 Å². The second kappa shape index (κ2) is 6.49. The van der Waals surface area contributed by atoms with Crippen molar-refractivity contribution in [1.29, 1.82) is 0 Å². The van der Waals surface area contributed by atoms with Crippen LogP contribution in [0.4, 0.5) is 0 Å². The lowest BCUT2D eigenvalue weighted by Gasteiger charge is -2.20. The molecule has 2 rings (SSSR count). The van der Waals surface area contributed by atoms with Crippen LogP contribution >= 0.6 is 0 Å². The Kier molecular flexibility index (Phi) is 4.84. The molecule has 2 aromatic rings. The van der Waals surface area contributed by atoms with Gasteiger partial charge in [0.2, 0.25) is 5.91 Å². The number of hydrogen-bond acceptors (Lipinski definition) is 5. The molecule has 2 heterocycles. The summed E-state index contributed by atoms with van der Waals surface area (Å²) in [6.45, 7) is 8.39. The van der Waals surface area contributed by atoms with Gasteiger partial charge in [0.15, 0.2) is 0 Å². The molecule has 23 heavy (non-hydrogen) atoms. The van der Waals surface area contributed by atoms with Gasteiger partial charge in [-0.3, -0.25) is 14.3 Å². The third-order valence-corrected chi connectivity index (χ3v) is 3.42. The fourth-order valence-electron chi connectivity index (χ4n) is 2.32. The van der Waals surface area contributed by atoms with Crippen molar-refractivity contribution < 1.29 is 9.53 Å². The van der Waals surface area contributed by atoms with Gasteiger partial charge in [0.05, 0.1) is 24.0 Å². The molecule has 8 heteroatoms. The van der Waals surface area contributed by atoms with Crippen LogP contribution in [0.3, 0.4) is 0 Å². The summed E-state index contributed by atoms with van der Waals surface area (Å²) in [6.07, 6.45) is 1.65. The largest absolute Gasteiger partial charge is 0.383 e. The SMILES string of the molecule is COCCNC(=O)Cn1nc(C)c2cnn(C(C)(C)C)c2c1=O. The zero-order valence-corrected chi connectivity index (χ0v) is 14.2. The van der Waals surface area contributed by atoms with E-state index in [0.29, 0.717) is 29.7 Å². The summed E-state index contributed by atoms with van der Waals surface area (Å²) in [4.78, 5) is 24.6. The van der Waals surface area contributed by atoms with Crippen LogP contribution in [0.15, 0.2) is 11.0 Å². The number of hydrogen-bond donors (Lipinski definition) is 1. The van der Waals surface area contributed by atoms with Crippen molar-refractivity contribution >= 4 is 16.8 Å². The molecule has 0 fully saturated rings. The maximum absolute atomic E-state index is 12.7. The van der Waals surface area contributed by atoms with Crippen molar-refractivity contribution in [2.24, 2.45) is 0 Å². The van der Waals surface area contributed by atoms with Crippen molar-refractivity contribution in [1.82, 2.24) is 24.9 Å². The molecule has 8 nitrogen and oxygen atoms in total. The number of fused-ring (bicyclic) bond motifs is 1. The zero-order valence-electron chi connectivity index (χ0n) is 14.2. The van der Waals surface area contributed by atoms with Crippen LogP contribution in [0.1, 0.15) is 26.5 Å². The van der Waals surface area contributed by atoms with Gasteiger partial charge in [-0.05, 0) is 27.7 Å². The Morgan fingerprint density at radius 2 is 2.09 bits per heavy atom. The number of rotatable bonds is 5. The van der Waals surface area contributed by atoms with Crippen molar-refractivity contribution in [3.63, 3.8) is 0 Å². The van der Waals surface area contributed by atoms with E-state index < -0.39 is 0 Å². The molecule has 0 unspecified atom stereocenters. The predicted octanol–water partition coefficient (Wildman–Crippen LogP) is 0.419. The molecule has 0 saturated carbocycles.